The van der Waals surface area contributed by atoms with Gasteiger partial charge < -0.3 is 15.5 Å². The molecule has 0 radical (unpaired) electrons. The summed E-state index contributed by atoms with van der Waals surface area (Å²) in [5.41, 5.74) is 0.0936. The molecule has 2 aromatic rings. The van der Waals surface area contributed by atoms with Gasteiger partial charge in [-0.1, -0.05) is 29.5 Å². The Morgan fingerprint density at radius 1 is 1.23 bits per heavy atom. The van der Waals surface area contributed by atoms with Crippen LogP contribution in [0.4, 0.5) is 0 Å². The molecule has 1 saturated carbocycles. The number of carbonyl (C=O) groups is 1. The third kappa shape index (κ3) is 4.78. The van der Waals surface area contributed by atoms with E-state index in [9.17, 15) is 15.0 Å². The smallest absolute Gasteiger partial charge is 0.251 e. The lowest BCUT2D eigenvalue weighted by Crippen LogP contribution is -2.45. The number of aromatic hydroxyl groups is 1. The number of carbonyl (C=O) groups excluding carboxylic acids is 1. The first-order valence-electron chi connectivity index (χ1n) is 8.55. The molecule has 3 rings (SSSR count). The molecule has 1 aliphatic rings. The highest BCUT2D eigenvalue weighted by Crippen LogP contribution is 2.28. The van der Waals surface area contributed by atoms with Gasteiger partial charge in [-0.15, -0.1) is 0 Å². The van der Waals surface area contributed by atoms with Crippen molar-refractivity contribution in [1.82, 2.24) is 5.32 Å². The van der Waals surface area contributed by atoms with Gasteiger partial charge in [0, 0.05) is 28.6 Å². The van der Waals surface area contributed by atoms with Crippen molar-refractivity contribution in [1.29, 1.82) is 0 Å². The number of aliphatic hydroxyl groups is 1. The number of phenols is 1. The maximum Gasteiger partial charge on any atom is 0.251 e. The van der Waals surface area contributed by atoms with E-state index in [-0.39, 0.29) is 17.7 Å². The van der Waals surface area contributed by atoms with Gasteiger partial charge in [-0.3, -0.25) is 4.79 Å². The number of benzene rings is 2. The van der Waals surface area contributed by atoms with Crippen LogP contribution in [0.1, 0.15) is 41.6 Å². The van der Waals surface area contributed by atoms with E-state index in [1.54, 1.807) is 24.3 Å². The first-order chi connectivity index (χ1) is 12.4. The quantitative estimate of drug-likeness (QED) is 0.709. The van der Waals surface area contributed by atoms with E-state index >= 15 is 0 Å². The minimum Gasteiger partial charge on any atom is -0.508 e. The Kier molecular flexibility index (Phi) is 5.51. The Balaban J connectivity index is 1.66. The van der Waals surface area contributed by atoms with Crippen LogP contribution in [-0.2, 0) is 0 Å². The van der Waals surface area contributed by atoms with E-state index in [2.05, 4.69) is 17.2 Å². The van der Waals surface area contributed by atoms with Crippen LogP contribution in [0.2, 0.25) is 5.02 Å². The SMILES string of the molecule is O=C(N[C@H]1CCC[C@@](O)(C#Cc2cccc(Cl)c2)C1)c1ccc(O)cc1. The summed E-state index contributed by atoms with van der Waals surface area (Å²) in [4.78, 5) is 12.3. The third-order valence-electron chi connectivity index (χ3n) is 4.46. The second-order valence-electron chi connectivity index (χ2n) is 6.61. The van der Waals surface area contributed by atoms with Crippen molar-refractivity contribution < 1.29 is 15.0 Å². The molecule has 1 fully saturated rings. The summed E-state index contributed by atoms with van der Waals surface area (Å²) in [6.07, 6.45) is 2.53. The molecule has 0 aliphatic heterocycles. The van der Waals surface area contributed by atoms with E-state index in [1.807, 2.05) is 12.1 Å². The van der Waals surface area contributed by atoms with Gasteiger partial charge in [0.2, 0.25) is 0 Å². The molecule has 1 aliphatic carbocycles. The lowest BCUT2D eigenvalue weighted by atomic mass is 9.82. The van der Waals surface area contributed by atoms with Crippen LogP contribution in [0, 0.1) is 11.8 Å². The highest BCUT2D eigenvalue weighted by Gasteiger charge is 2.33. The molecule has 2 aromatic carbocycles. The average molecular weight is 370 g/mol. The van der Waals surface area contributed by atoms with Gasteiger partial charge in [-0.05, 0) is 61.7 Å². The fourth-order valence-electron chi connectivity index (χ4n) is 3.13. The van der Waals surface area contributed by atoms with Gasteiger partial charge >= 0.3 is 0 Å². The monoisotopic (exact) mass is 369 g/mol. The molecule has 0 bridgehead atoms. The van der Waals surface area contributed by atoms with Gasteiger partial charge in [0.05, 0.1) is 0 Å². The molecule has 1 amide bonds. The lowest BCUT2D eigenvalue weighted by molar-refractivity contribution is 0.0452. The van der Waals surface area contributed by atoms with Gasteiger partial charge in [0.1, 0.15) is 11.4 Å². The van der Waals surface area contributed by atoms with Crippen molar-refractivity contribution >= 4 is 17.5 Å². The second-order valence-corrected chi connectivity index (χ2v) is 7.04. The Morgan fingerprint density at radius 2 is 2.00 bits per heavy atom. The molecule has 3 N–H and O–H groups in total. The molecule has 5 heteroatoms. The van der Waals surface area contributed by atoms with E-state index in [4.69, 9.17) is 11.6 Å². The van der Waals surface area contributed by atoms with Crippen molar-refractivity contribution in [3.63, 3.8) is 0 Å². The molecule has 26 heavy (non-hydrogen) atoms. The molecule has 4 nitrogen and oxygen atoms in total. The topological polar surface area (TPSA) is 69.6 Å². The van der Waals surface area contributed by atoms with Crippen LogP contribution in [-0.4, -0.2) is 27.8 Å². The second kappa shape index (κ2) is 7.82. The Hall–Kier alpha value is -2.48. The number of nitrogens with one attached hydrogen (secondary N) is 1. The van der Waals surface area contributed by atoms with E-state index in [1.165, 1.54) is 12.1 Å². The van der Waals surface area contributed by atoms with Crippen molar-refractivity contribution in [3.8, 4) is 17.6 Å². The van der Waals surface area contributed by atoms with Gasteiger partial charge in [0.15, 0.2) is 0 Å². The summed E-state index contributed by atoms with van der Waals surface area (Å²) in [7, 11) is 0. The van der Waals surface area contributed by atoms with Crippen molar-refractivity contribution in [2.24, 2.45) is 0 Å². The molecule has 0 aromatic heterocycles. The van der Waals surface area contributed by atoms with Crippen molar-refractivity contribution in [2.45, 2.75) is 37.3 Å². The summed E-state index contributed by atoms with van der Waals surface area (Å²) in [6.45, 7) is 0. The van der Waals surface area contributed by atoms with Crippen molar-refractivity contribution in [3.05, 3.63) is 64.7 Å². The molecule has 0 unspecified atom stereocenters. The number of phenolic OH excluding ortho intramolecular Hbond substituents is 1. The molecular formula is C21H20ClNO3. The number of hydrogen-bond acceptors (Lipinski definition) is 3. The maximum atomic E-state index is 12.3. The largest absolute Gasteiger partial charge is 0.508 e. The van der Waals surface area contributed by atoms with Gasteiger partial charge in [-0.2, -0.15) is 0 Å². The summed E-state index contributed by atoms with van der Waals surface area (Å²) in [5.74, 6) is 5.83. The third-order valence-corrected chi connectivity index (χ3v) is 4.69. The Labute approximate surface area is 157 Å². The van der Waals surface area contributed by atoms with Crippen LogP contribution >= 0.6 is 11.6 Å². The lowest BCUT2D eigenvalue weighted by Gasteiger charge is -2.33. The Morgan fingerprint density at radius 3 is 2.73 bits per heavy atom. The minimum atomic E-state index is -1.13. The summed E-state index contributed by atoms with van der Waals surface area (Å²) >= 11 is 5.96. The van der Waals surface area contributed by atoms with Crippen LogP contribution < -0.4 is 5.32 Å². The predicted octanol–water partition coefficient (Wildman–Crippen LogP) is 3.50. The van der Waals surface area contributed by atoms with Crippen LogP contribution in [0.5, 0.6) is 5.75 Å². The average Bonchev–Trinajstić information content (AvgIpc) is 2.61. The minimum absolute atomic E-state index is 0.116. The first kappa shape index (κ1) is 18.3. The highest BCUT2D eigenvalue weighted by atomic mass is 35.5. The highest BCUT2D eigenvalue weighted by molar-refractivity contribution is 6.30. The summed E-state index contributed by atoms with van der Waals surface area (Å²) in [5, 5.41) is 23.7. The predicted molar refractivity (Wildman–Crippen MR) is 101 cm³/mol. The molecule has 134 valence electrons. The summed E-state index contributed by atoms with van der Waals surface area (Å²) in [6, 6.07) is 13.1. The first-order valence-corrected chi connectivity index (χ1v) is 8.92. The van der Waals surface area contributed by atoms with E-state index < -0.39 is 5.60 Å². The standard InChI is InChI=1S/C21H20ClNO3/c22-17-4-1-3-15(13-17)10-12-21(26)11-2-5-18(14-21)23-20(25)16-6-8-19(24)9-7-16/h1,3-4,6-9,13,18,24,26H,2,5,11,14H2,(H,23,25)/t18-,21+/m0/s1. The number of hydrogen-bond donors (Lipinski definition) is 3. The van der Waals surface area contributed by atoms with E-state index in [0.29, 0.717) is 23.4 Å². The number of halogens is 1. The molecule has 2 atom stereocenters. The zero-order valence-electron chi connectivity index (χ0n) is 14.2. The van der Waals surface area contributed by atoms with Gasteiger partial charge in [-0.25, -0.2) is 0 Å². The zero-order chi connectivity index (χ0) is 18.6. The van der Waals surface area contributed by atoms with Crippen LogP contribution in [0.25, 0.3) is 0 Å². The molecular weight excluding hydrogens is 350 g/mol. The van der Waals surface area contributed by atoms with Gasteiger partial charge in [0.25, 0.3) is 5.91 Å². The van der Waals surface area contributed by atoms with Crippen molar-refractivity contribution in [2.75, 3.05) is 0 Å². The van der Waals surface area contributed by atoms with Crippen LogP contribution in [0.15, 0.2) is 48.5 Å². The summed E-state index contributed by atoms with van der Waals surface area (Å²) < 4.78 is 0. The molecule has 0 saturated heterocycles. The molecule has 0 spiro atoms. The normalized spacial score (nSPS) is 22.2. The van der Waals surface area contributed by atoms with Crippen LogP contribution in [0.3, 0.4) is 0 Å². The molecule has 0 heterocycles. The zero-order valence-corrected chi connectivity index (χ0v) is 15.0. The maximum absolute atomic E-state index is 12.3. The number of rotatable bonds is 2. The number of amides is 1. The Bertz CT molecular complexity index is 854. The fraction of sp³-hybridized carbons (Fsp3) is 0.286. The van der Waals surface area contributed by atoms with E-state index in [0.717, 1.165) is 18.4 Å². The fourth-order valence-corrected chi connectivity index (χ4v) is 3.32.